The van der Waals surface area contributed by atoms with Crippen molar-refractivity contribution >= 4 is 43.3 Å². The Morgan fingerprint density at radius 2 is 1.62 bits per heavy atom. The molecule has 0 atom stereocenters. The molecule has 0 unspecified atom stereocenters. The van der Waals surface area contributed by atoms with Crippen LogP contribution < -0.4 is 4.90 Å². The molecule has 0 bridgehead atoms. The molecule has 1 aliphatic heterocycles. The lowest BCUT2D eigenvalue weighted by atomic mass is 10.1. The van der Waals surface area contributed by atoms with Crippen LogP contribution in [0.1, 0.15) is 17.5 Å². The van der Waals surface area contributed by atoms with Gasteiger partial charge in [0.1, 0.15) is 15.7 Å². The summed E-state index contributed by atoms with van der Waals surface area (Å²) in [6.07, 6.45) is 5.34. The molecule has 1 saturated heterocycles. The van der Waals surface area contributed by atoms with Crippen molar-refractivity contribution in [2.75, 3.05) is 49.3 Å². The Balaban J connectivity index is 0.000000739. The highest BCUT2D eigenvalue weighted by molar-refractivity contribution is 7.90. The van der Waals surface area contributed by atoms with Crippen molar-refractivity contribution in [2.24, 2.45) is 0 Å². The minimum atomic E-state index is -3.67. The Morgan fingerprint density at radius 1 is 1.03 bits per heavy atom. The van der Waals surface area contributed by atoms with E-state index >= 15 is 0 Å². The van der Waals surface area contributed by atoms with Crippen molar-refractivity contribution in [3.63, 3.8) is 0 Å². The molecule has 3 rings (SSSR count). The van der Waals surface area contributed by atoms with Crippen molar-refractivity contribution < 1.29 is 26.2 Å². The van der Waals surface area contributed by atoms with Crippen molar-refractivity contribution in [2.45, 2.75) is 20.3 Å². The molecule has 34 heavy (non-hydrogen) atoms. The summed E-state index contributed by atoms with van der Waals surface area (Å²) in [7, 11) is -6.81. The topological polar surface area (TPSA) is 138 Å². The lowest BCUT2D eigenvalue weighted by Crippen LogP contribution is -2.49. The molecular formula is C21H29ClN4O6S2. The Bertz CT molecular complexity index is 1240. The first kappa shape index (κ1) is 28.0. The molecule has 0 saturated carbocycles. The summed E-state index contributed by atoms with van der Waals surface area (Å²) in [5.41, 5.74) is 3.80. The van der Waals surface area contributed by atoms with Gasteiger partial charge in [-0.3, -0.25) is 14.3 Å². The number of pyridine rings is 2. The van der Waals surface area contributed by atoms with E-state index in [-0.39, 0.29) is 18.1 Å². The molecule has 1 amide bonds. The van der Waals surface area contributed by atoms with Gasteiger partial charge in [-0.05, 0) is 31.0 Å². The summed E-state index contributed by atoms with van der Waals surface area (Å²) in [6.45, 7) is 6.32. The van der Waals surface area contributed by atoms with Gasteiger partial charge in [-0.2, -0.15) is 8.42 Å². The predicted molar refractivity (Wildman–Crippen MR) is 133 cm³/mol. The molecule has 1 fully saturated rings. The minimum absolute atomic E-state index is 0.0283. The zero-order valence-corrected chi connectivity index (χ0v) is 21.9. The summed E-state index contributed by atoms with van der Waals surface area (Å²) in [4.78, 5) is 25.0. The minimum Gasteiger partial charge on any atom is -0.353 e. The predicted octanol–water partition coefficient (Wildman–Crippen LogP) is 2.00. The Morgan fingerprint density at radius 3 is 2.15 bits per heavy atom. The van der Waals surface area contributed by atoms with Crippen LogP contribution in [0.5, 0.6) is 0 Å². The molecule has 1 aliphatic rings. The second-order valence-electron chi connectivity index (χ2n) is 8.18. The number of nitrogens with zero attached hydrogens (tertiary/aromatic N) is 4. The number of anilines is 1. The van der Waals surface area contributed by atoms with Crippen LogP contribution in [0.2, 0.25) is 5.02 Å². The first-order valence-corrected chi connectivity index (χ1v) is 14.6. The first-order valence-electron chi connectivity index (χ1n) is 10.4. The van der Waals surface area contributed by atoms with Gasteiger partial charge in [0.25, 0.3) is 10.1 Å². The SMILES string of the molecule is CS(=O)(=O)O.Cc1cnc(-c2cc(N3CCN(C(=O)CCS(C)(=O)=O)CC3)ncc2Cl)c(C)c1. The summed E-state index contributed by atoms with van der Waals surface area (Å²) in [5.74, 6) is 0.547. The fourth-order valence-corrected chi connectivity index (χ4v) is 4.13. The molecule has 1 N–H and O–H groups in total. The fraction of sp³-hybridized carbons (Fsp3) is 0.476. The zero-order chi connectivity index (χ0) is 25.7. The van der Waals surface area contributed by atoms with Gasteiger partial charge in [0.2, 0.25) is 5.91 Å². The number of hydrogen-bond donors (Lipinski definition) is 1. The van der Waals surface area contributed by atoms with Crippen molar-refractivity contribution in [1.29, 1.82) is 0 Å². The Labute approximate surface area is 205 Å². The van der Waals surface area contributed by atoms with Crippen LogP contribution >= 0.6 is 11.6 Å². The molecule has 2 aromatic rings. The normalized spacial score (nSPS) is 14.4. The largest absolute Gasteiger partial charge is 0.353 e. The Kier molecular flexibility index (Phi) is 9.40. The van der Waals surface area contributed by atoms with Crippen LogP contribution in [0.15, 0.2) is 24.5 Å². The van der Waals surface area contributed by atoms with E-state index in [4.69, 9.17) is 16.2 Å². The molecule has 13 heteroatoms. The fourth-order valence-electron chi connectivity index (χ4n) is 3.40. The van der Waals surface area contributed by atoms with Crippen LogP contribution in [0.4, 0.5) is 5.82 Å². The van der Waals surface area contributed by atoms with E-state index in [1.807, 2.05) is 26.1 Å². The van der Waals surface area contributed by atoms with Gasteiger partial charge in [-0.1, -0.05) is 17.7 Å². The molecule has 188 valence electrons. The van der Waals surface area contributed by atoms with Gasteiger partial charge in [0.15, 0.2) is 0 Å². The number of piperazine rings is 1. The molecule has 0 aliphatic carbocycles. The average Bonchev–Trinajstić information content (AvgIpc) is 2.71. The maximum absolute atomic E-state index is 12.2. The van der Waals surface area contributed by atoms with Gasteiger partial charge in [-0.15, -0.1) is 0 Å². The molecule has 0 aromatic carbocycles. The van der Waals surface area contributed by atoms with Gasteiger partial charge in [-0.25, -0.2) is 13.4 Å². The van der Waals surface area contributed by atoms with Crippen LogP contribution in [-0.2, 0) is 24.7 Å². The number of aromatic nitrogens is 2. The number of sulfone groups is 1. The maximum atomic E-state index is 12.2. The van der Waals surface area contributed by atoms with Crippen molar-refractivity contribution in [3.05, 3.63) is 40.7 Å². The van der Waals surface area contributed by atoms with Gasteiger partial charge < -0.3 is 9.80 Å². The summed E-state index contributed by atoms with van der Waals surface area (Å²) in [5, 5.41) is 0.544. The molecule has 0 radical (unpaired) electrons. The third kappa shape index (κ3) is 9.16. The van der Waals surface area contributed by atoms with Gasteiger partial charge in [0.05, 0.1) is 22.7 Å². The number of rotatable bonds is 5. The van der Waals surface area contributed by atoms with Crippen LogP contribution in [0.3, 0.4) is 0 Å². The van der Waals surface area contributed by atoms with Crippen LogP contribution in [0.25, 0.3) is 11.3 Å². The summed E-state index contributed by atoms with van der Waals surface area (Å²) in [6, 6.07) is 4.01. The van der Waals surface area contributed by atoms with Crippen LogP contribution in [-0.4, -0.2) is 86.6 Å². The Hall–Kier alpha value is -2.28. The van der Waals surface area contributed by atoms with E-state index in [2.05, 4.69) is 20.9 Å². The number of aryl methyl sites for hydroxylation is 2. The lowest BCUT2D eigenvalue weighted by Gasteiger charge is -2.35. The molecular weight excluding hydrogens is 504 g/mol. The van der Waals surface area contributed by atoms with E-state index in [9.17, 15) is 21.6 Å². The third-order valence-corrected chi connectivity index (χ3v) is 6.20. The third-order valence-electron chi connectivity index (χ3n) is 4.95. The first-order chi connectivity index (χ1) is 15.6. The van der Waals surface area contributed by atoms with Crippen molar-refractivity contribution in [3.8, 4) is 11.3 Å². The van der Waals surface area contributed by atoms with E-state index in [0.29, 0.717) is 37.5 Å². The quantitative estimate of drug-likeness (QED) is 0.573. The highest BCUT2D eigenvalue weighted by Crippen LogP contribution is 2.31. The van der Waals surface area contributed by atoms with Crippen molar-refractivity contribution in [1.82, 2.24) is 14.9 Å². The lowest BCUT2D eigenvalue weighted by molar-refractivity contribution is -0.131. The van der Waals surface area contributed by atoms with Gasteiger partial charge in [0, 0.05) is 56.8 Å². The molecule has 2 aromatic heterocycles. The highest BCUT2D eigenvalue weighted by atomic mass is 35.5. The van der Waals surface area contributed by atoms with E-state index in [0.717, 1.165) is 34.5 Å². The van der Waals surface area contributed by atoms with Gasteiger partial charge >= 0.3 is 0 Å². The van der Waals surface area contributed by atoms with E-state index < -0.39 is 20.0 Å². The molecule has 3 heterocycles. The number of carbonyl (C=O) groups excluding carboxylic acids is 1. The van der Waals surface area contributed by atoms with Crippen LogP contribution in [0, 0.1) is 13.8 Å². The summed E-state index contributed by atoms with van der Waals surface area (Å²) < 4.78 is 48.4. The smallest absolute Gasteiger partial charge is 0.261 e. The number of carbonyl (C=O) groups is 1. The maximum Gasteiger partial charge on any atom is 0.261 e. The molecule has 10 nitrogen and oxygen atoms in total. The highest BCUT2D eigenvalue weighted by Gasteiger charge is 2.23. The number of hydrogen-bond acceptors (Lipinski definition) is 8. The van der Waals surface area contributed by atoms with E-state index in [1.54, 1.807) is 11.1 Å². The zero-order valence-electron chi connectivity index (χ0n) is 19.5. The second-order valence-corrected chi connectivity index (χ2v) is 12.3. The standard InChI is InChI=1S/C20H25ClN4O3S.CH4O3S/c1-14-10-15(2)20(23-12-14)16-11-18(22-13-17(16)21)24-5-7-25(8-6-24)19(26)4-9-29(3,27)28;1-5(2,3)4/h10-13H,4-9H2,1-3H3;1H3,(H,2,3,4). The van der Waals surface area contributed by atoms with E-state index in [1.165, 1.54) is 0 Å². The summed E-state index contributed by atoms with van der Waals surface area (Å²) >= 11 is 6.39. The number of halogens is 1. The monoisotopic (exact) mass is 532 g/mol. The average molecular weight is 533 g/mol. The molecule has 0 spiro atoms. The second kappa shape index (κ2) is 11.4. The number of amides is 1.